The molecule has 12 heavy (non-hydrogen) atoms. The van der Waals surface area contributed by atoms with Crippen molar-refractivity contribution in [1.29, 1.82) is 0 Å². The molecular formula is C8H17Cl3Sn. The molecule has 0 aromatic heterocycles. The number of unbranched alkanes of at least 4 members (excludes halogenated alkanes) is 1. The first-order chi connectivity index (χ1) is 5.49. The van der Waals surface area contributed by atoms with Crippen LogP contribution in [0.5, 0.6) is 0 Å². The number of hydrogen-bond donors (Lipinski definition) is 0. The molecular weight excluding hydrogens is 321 g/mol. The molecule has 0 saturated heterocycles. The molecule has 0 nitrogen and oxygen atoms in total. The minimum absolute atomic E-state index is 0.660. The van der Waals surface area contributed by atoms with Gasteiger partial charge in [-0.25, -0.2) is 0 Å². The van der Waals surface area contributed by atoms with E-state index >= 15 is 0 Å². The van der Waals surface area contributed by atoms with E-state index in [4.69, 9.17) is 26.8 Å². The van der Waals surface area contributed by atoms with Gasteiger partial charge in [-0.2, -0.15) is 0 Å². The summed E-state index contributed by atoms with van der Waals surface area (Å²) in [6, 6.07) is 0. The molecule has 0 rings (SSSR count). The van der Waals surface area contributed by atoms with Gasteiger partial charge in [0.15, 0.2) is 0 Å². The van der Waals surface area contributed by atoms with Crippen molar-refractivity contribution in [2.75, 3.05) is 0 Å². The van der Waals surface area contributed by atoms with Crippen LogP contribution in [0.2, 0.25) is 4.44 Å². The van der Waals surface area contributed by atoms with Crippen LogP contribution in [0.25, 0.3) is 0 Å². The maximum atomic E-state index is 5.93. The van der Waals surface area contributed by atoms with Gasteiger partial charge in [-0.15, -0.1) is 0 Å². The Labute approximate surface area is 91.0 Å². The van der Waals surface area contributed by atoms with Crippen LogP contribution in [0.4, 0.5) is 0 Å². The first-order valence-corrected chi connectivity index (χ1v) is 17.4. The van der Waals surface area contributed by atoms with Gasteiger partial charge in [-0.3, -0.25) is 0 Å². The molecule has 0 heterocycles. The van der Waals surface area contributed by atoms with Crippen LogP contribution in [0.3, 0.4) is 0 Å². The van der Waals surface area contributed by atoms with E-state index in [-0.39, 0.29) is 0 Å². The van der Waals surface area contributed by atoms with Crippen LogP contribution in [0.1, 0.15) is 39.5 Å². The second-order valence-corrected chi connectivity index (χ2v) is 24.8. The number of halogens is 3. The average Bonchev–Trinajstić information content (AvgIpc) is 1.95. The Morgan fingerprint density at radius 2 is 1.75 bits per heavy atom. The molecule has 0 radical (unpaired) electrons. The molecule has 74 valence electrons. The third-order valence-electron chi connectivity index (χ3n) is 2.06. The summed E-state index contributed by atoms with van der Waals surface area (Å²) in [5.74, 6) is 0.660. The molecule has 0 N–H and O–H groups in total. The predicted octanol–water partition coefficient (Wildman–Crippen LogP) is 4.86. The van der Waals surface area contributed by atoms with E-state index in [2.05, 4.69) is 13.8 Å². The monoisotopic (exact) mass is 338 g/mol. The van der Waals surface area contributed by atoms with E-state index in [1.165, 1.54) is 19.3 Å². The van der Waals surface area contributed by atoms with Crippen molar-refractivity contribution in [2.24, 2.45) is 5.92 Å². The van der Waals surface area contributed by atoms with Gasteiger partial charge >= 0.3 is 91.6 Å². The van der Waals surface area contributed by atoms with Gasteiger partial charge in [-0.05, 0) is 0 Å². The summed E-state index contributed by atoms with van der Waals surface area (Å²) in [5.41, 5.74) is 0. The first kappa shape index (κ1) is 13.7. The maximum absolute atomic E-state index is 5.93. The molecule has 0 aliphatic rings. The second kappa shape index (κ2) is 7.03. The molecule has 0 bridgehead atoms. The fraction of sp³-hybridized carbons (Fsp3) is 1.00. The summed E-state index contributed by atoms with van der Waals surface area (Å²) >= 11 is -3.05. The quantitative estimate of drug-likeness (QED) is 0.607. The van der Waals surface area contributed by atoms with Crippen LogP contribution in [0, 0.1) is 5.92 Å². The number of hydrogen-bond acceptors (Lipinski definition) is 0. The van der Waals surface area contributed by atoms with E-state index in [9.17, 15) is 0 Å². The minimum atomic E-state index is -3.05. The third-order valence-corrected chi connectivity index (χ3v) is 8.14. The van der Waals surface area contributed by atoms with Crippen molar-refractivity contribution in [3.8, 4) is 0 Å². The van der Waals surface area contributed by atoms with Crippen LogP contribution in [-0.2, 0) is 0 Å². The number of rotatable bonds is 6. The Bertz CT molecular complexity index is 111. The van der Waals surface area contributed by atoms with Crippen LogP contribution in [-0.4, -0.2) is 15.0 Å². The average molecular weight is 338 g/mol. The van der Waals surface area contributed by atoms with Crippen molar-refractivity contribution in [3.05, 3.63) is 0 Å². The zero-order chi connectivity index (χ0) is 9.61. The van der Waals surface area contributed by atoms with Crippen molar-refractivity contribution < 1.29 is 0 Å². The van der Waals surface area contributed by atoms with Crippen molar-refractivity contribution in [2.45, 2.75) is 44.0 Å². The van der Waals surface area contributed by atoms with E-state index in [1.54, 1.807) is 0 Å². The Hall–Kier alpha value is 1.67. The van der Waals surface area contributed by atoms with Crippen LogP contribution >= 0.6 is 26.8 Å². The molecule has 0 saturated carbocycles. The van der Waals surface area contributed by atoms with Gasteiger partial charge in [0.25, 0.3) is 0 Å². The van der Waals surface area contributed by atoms with Crippen LogP contribution in [0.15, 0.2) is 0 Å². The second-order valence-electron chi connectivity index (χ2n) is 3.24. The molecule has 4 heteroatoms. The van der Waals surface area contributed by atoms with Crippen molar-refractivity contribution in [3.63, 3.8) is 0 Å². The molecule has 0 aromatic rings. The van der Waals surface area contributed by atoms with Gasteiger partial charge < -0.3 is 0 Å². The first-order valence-electron chi connectivity index (χ1n) is 4.56. The molecule has 0 fully saturated rings. The van der Waals surface area contributed by atoms with Crippen molar-refractivity contribution >= 4 is 41.8 Å². The van der Waals surface area contributed by atoms with Gasteiger partial charge in [0, 0.05) is 0 Å². The van der Waals surface area contributed by atoms with Crippen LogP contribution < -0.4 is 0 Å². The zero-order valence-corrected chi connectivity index (χ0v) is 12.9. The molecule has 0 aliphatic heterocycles. The molecule has 0 aliphatic carbocycles. The predicted molar refractivity (Wildman–Crippen MR) is 61.4 cm³/mol. The fourth-order valence-corrected chi connectivity index (χ4v) is 8.94. The standard InChI is InChI=1S/C8H17.3ClH.Sn/c1-4-6-7-8(3)5-2;;;;/h8H,3-7H2,1-2H3;3*1H;/q;;;;+3/p-3. The summed E-state index contributed by atoms with van der Waals surface area (Å²) in [6.45, 7) is 4.38. The fourth-order valence-electron chi connectivity index (χ4n) is 1.27. The molecule has 0 spiro atoms. The molecule has 0 aromatic carbocycles. The normalized spacial score (nSPS) is 14.8. The van der Waals surface area contributed by atoms with E-state index in [0.29, 0.717) is 5.92 Å². The van der Waals surface area contributed by atoms with Crippen molar-refractivity contribution in [1.82, 2.24) is 0 Å². The Kier molecular flexibility index (Phi) is 8.00. The third kappa shape index (κ3) is 8.28. The van der Waals surface area contributed by atoms with E-state index in [1.807, 2.05) is 0 Å². The Balaban J connectivity index is 3.67. The molecule has 1 atom stereocenters. The van der Waals surface area contributed by atoms with E-state index < -0.39 is 15.0 Å². The topological polar surface area (TPSA) is 0 Å². The Morgan fingerprint density at radius 3 is 2.08 bits per heavy atom. The molecule has 0 amide bonds. The van der Waals surface area contributed by atoms with Gasteiger partial charge in [0.1, 0.15) is 0 Å². The molecule has 1 unspecified atom stereocenters. The summed E-state index contributed by atoms with van der Waals surface area (Å²) in [7, 11) is 17.8. The zero-order valence-electron chi connectivity index (χ0n) is 7.75. The summed E-state index contributed by atoms with van der Waals surface area (Å²) < 4.78 is 0.899. The summed E-state index contributed by atoms with van der Waals surface area (Å²) in [4.78, 5) is 0. The van der Waals surface area contributed by atoms with Gasteiger partial charge in [-0.1, -0.05) is 0 Å². The van der Waals surface area contributed by atoms with E-state index in [0.717, 1.165) is 10.9 Å². The van der Waals surface area contributed by atoms with Gasteiger partial charge in [0.05, 0.1) is 0 Å². The Morgan fingerprint density at radius 1 is 1.17 bits per heavy atom. The van der Waals surface area contributed by atoms with Gasteiger partial charge in [0.2, 0.25) is 0 Å². The summed E-state index contributed by atoms with van der Waals surface area (Å²) in [5, 5.41) is 0. The SMILES string of the molecule is CCCCC(CC)[CH2][Sn]([Cl])([Cl])[Cl]. The summed E-state index contributed by atoms with van der Waals surface area (Å²) in [6.07, 6.45) is 4.90.